The van der Waals surface area contributed by atoms with Gasteiger partial charge in [0.25, 0.3) is 0 Å². The fraction of sp³-hybridized carbons (Fsp3) is 1.00. The lowest BCUT2D eigenvalue weighted by molar-refractivity contribution is 0.393. The summed E-state index contributed by atoms with van der Waals surface area (Å²) in [5.41, 5.74) is 6.11. The summed E-state index contributed by atoms with van der Waals surface area (Å²) in [6, 6.07) is 0.519. The molecule has 1 nitrogen and oxygen atoms in total. The normalized spacial score (nSPS) is 40.1. The van der Waals surface area contributed by atoms with Gasteiger partial charge >= 0.3 is 0 Å². The molecular weight excluding hydrogens is 214 g/mol. The molecule has 2 saturated carbocycles. The van der Waals surface area contributed by atoms with E-state index in [4.69, 9.17) is 5.73 Å². The van der Waals surface area contributed by atoms with Crippen LogP contribution in [0.4, 0.5) is 0 Å². The Morgan fingerprint density at radius 1 is 1.12 bits per heavy atom. The molecule has 4 unspecified atom stereocenters. The van der Waals surface area contributed by atoms with Crippen LogP contribution in [0.25, 0.3) is 0 Å². The molecule has 0 spiro atoms. The van der Waals surface area contributed by atoms with Crippen LogP contribution in [-0.2, 0) is 0 Å². The Labute approximate surface area is 105 Å². The molecule has 2 fully saturated rings. The molecule has 2 heteroatoms. The summed E-state index contributed by atoms with van der Waals surface area (Å²) in [7, 11) is 0. The van der Waals surface area contributed by atoms with Crippen molar-refractivity contribution in [3.05, 3.63) is 0 Å². The molecule has 4 atom stereocenters. The highest BCUT2D eigenvalue weighted by molar-refractivity contribution is 7.99. The fourth-order valence-electron chi connectivity index (χ4n) is 3.34. The van der Waals surface area contributed by atoms with Crippen molar-refractivity contribution in [3.8, 4) is 0 Å². The van der Waals surface area contributed by atoms with E-state index in [1.165, 1.54) is 57.1 Å². The van der Waals surface area contributed by atoms with Crippen molar-refractivity contribution in [2.24, 2.45) is 17.6 Å². The molecule has 0 aliphatic heterocycles. The lowest BCUT2D eigenvalue weighted by Gasteiger charge is -2.26. The second-order valence-corrected chi connectivity index (χ2v) is 7.32. The average molecular weight is 241 g/mol. The summed E-state index contributed by atoms with van der Waals surface area (Å²) in [6.45, 7) is 2.42. The van der Waals surface area contributed by atoms with E-state index in [9.17, 15) is 0 Å². The molecule has 0 bridgehead atoms. The Hall–Kier alpha value is 0.310. The van der Waals surface area contributed by atoms with Gasteiger partial charge in [0.15, 0.2) is 0 Å². The maximum absolute atomic E-state index is 6.11. The first kappa shape index (κ1) is 12.8. The van der Waals surface area contributed by atoms with Crippen LogP contribution in [0, 0.1) is 11.8 Å². The van der Waals surface area contributed by atoms with Crippen molar-refractivity contribution >= 4 is 11.8 Å². The van der Waals surface area contributed by atoms with Gasteiger partial charge in [-0.3, -0.25) is 0 Å². The lowest BCUT2D eigenvalue weighted by Crippen LogP contribution is -2.25. The molecular formula is C14H27NS. The van der Waals surface area contributed by atoms with Crippen molar-refractivity contribution < 1.29 is 0 Å². The van der Waals surface area contributed by atoms with E-state index in [2.05, 4.69) is 18.7 Å². The summed E-state index contributed by atoms with van der Waals surface area (Å²) < 4.78 is 0. The zero-order valence-corrected chi connectivity index (χ0v) is 11.5. The summed E-state index contributed by atoms with van der Waals surface area (Å²) in [5.74, 6) is 3.17. The van der Waals surface area contributed by atoms with Gasteiger partial charge in [0.05, 0.1) is 0 Å². The highest BCUT2D eigenvalue weighted by Crippen LogP contribution is 2.34. The smallest absolute Gasteiger partial charge is 0.00674 e. The van der Waals surface area contributed by atoms with Crippen LogP contribution in [0.1, 0.15) is 58.3 Å². The maximum Gasteiger partial charge on any atom is 0.00674 e. The first-order valence-electron chi connectivity index (χ1n) is 7.13. The van der Waals surface area contributed by atoms with Crippen LogP contribution in [0.5, 0.6) is 0 Å². The molecule has 16 heavy (non-hydrogen) atoms. The molecule has 0 heterocycles. The van der Waals surface area contributed by atoms with Gasteiger partial charge in [-0.25, -0.2) is 0 Å². The van der Waals surface area contributed by atoms with Crippen LogP contribution < -0.4 is 5.73 Å². The van der Waals surface area contributed by atoms with E-state index in [1.54, 1.807) is 0 Å². The number of thioether (sulfide) groups is 1. The molecule has 0 aromatic heterocycles. The van der Waals surface area contributed by atoms with E-state index in [0.29, 0.717) is 6.04 Å². The van der Waals surface area contributed by atoms with Gasteiger partial charge in [0.1, 0.15) is 0 Å². The van der Waals surface area contributed by atoms with Gasteiger partial charge < -0.3 is 5.73 Å². The van der Waals surface area contributed by atoms with Gasteiger partial charge in [0.2, 0.25) is 0 Å². The number of hydrogen-bond donors (Lipinski definition) is 1. The quantitative estimate of drug-likeness (QED) is 0.810. The minimum absolute atomic E-state index is 0.519. The predicted octanol–water partition coefficient (Wildman–Crippen LogP) is 3.82. The van der Waals surface area contributed by atoms with E-state index >= 15 is 0 Å². The summed E-state index contributed by atoms with van der Waals surface area (Å²) in [6.07, 6.45) is 11.3. The van der Waals surface area contributed by atoms with Crippen LogP contribution in [-0.4, -0.2) is 17.0 Å². The second-order valence-electron chi connectivity index (χ2n) is 5.91. The first-order chi connectivity index (χ1) is 7.75. The number of rotatable bonds is 4. The van der Waals surface area contributed by atoms with Crippen LogP contribution in [0.3, 0.4) is 0 Å². The van der Waals surface area contributed by atoms with Gasteiger partial charge in [-0.2, -0.15) is 11.8 Å². The SMILES string of the molecule is CC1CCCC(SCCC2CCCC2N)C1. The second kappa shape index (κ2) is 6.30. The van der Waals surface area contributed by atoms with Gasteiger partial charge in [-0.05, 0) is 49.7 Å². The molecule has 2 aliphatic rings. The Bertz CT molecular complexity index is 207. The van der Waals surface area contributed by atoms with Crippen molar-refractivity contribution in [3.63, 3.8) is 0 Å². The standard InChI is InChI=1S/C14H27NS/c1-11-4-2-6-13(10-11)16-9-8-12-5-3-7-14(12)15/h11-14H,2-10,15H2,1H3. The molecule has 2 N–H and O–H groups in total. The summed E-state index contributed by atoms with van der Waals surface area (Å²) in [4.78, 5) is 0. The highest BCUT2D eigenvalue weighted by atomic mass is 32.2. The van der Waals surface area contributed by atoms with E-state index in [1.807, 2.05) is 0 Å². The highest BCUT2D eigenvalue weighted by Gasteiger charge is 2.24. The molecule has 2 rings (SSSR count). The zero-order chi connectivity index (χ0) is 11.4. The topological polar surface area (TPSA) is 26.0 Å². The van der Waals surface area contributed by atoms with E-state index in [-0.39, 0.29) is 0 Å². The fourth-order valence-corrected chi connectivity index (χ4v) is 4.91. The minimum atomic E-state index is 0.519. The van der Waals surface area contributed by atoms with Crippen LogP contribution >= 0.6 is 11.8 Å². The van der Waals surface area contributed by atoms with Crippen molar-refractivity contribution in [2.45, 2.75) is 69.6 Å². The Morgan fingerprint density at radius 2 is 1.94 bits per heavy atom. The Morgan fingerprint density at radius 3 is 2.62 bits per heavy atom. The van der Waals surface area contributed by atoms with Gasteiger partial charge in [-0.1, -0.05) is 26.2 Å². The van der Waals surface area contributed by atoms with Crippen molar-refractivity contribution in [1.82, 2.24) is 0 Å². The molecule has 0 amide bonds. The molecule has 0 saturated heterocycles. The predicted molar refractivity (Wildman–Crippen MR) is 73.8 cm³/mol. The largest absolute Gasteiger partial charge is 0.327 e. The summed E-state index contributed by atoms with van der Waals surface area (Å²) in [5, 5.41) is 0.960. The van der Waals surface area contributed by atoms with E-state index < -0.39 is 0 Å². The average Bonchev–Trinajstić information content (AvgIpc) is 2.65. The monoisotopic (exact) mass is 241 g/mol. The maximum atomic E-state index is 6.11. The molecule has 2 aliphatic carbocycles. The Balaban J connectivity index is 1.60. The molecule has 94 valence electrons. The molecule has 0 aromatic carbocycles. The Kier molecular flexibility index (Phi) is 5.02. The molecule has 0 radical (unpaired) electrons. The third-order valence-corrected chi connectivity index (χ3v) is 5.82. The minimum Gasteiger partial charge on any atom is -0.327 e. The van der Waals surface area contributed by atoms with Crippen molar-refractivity contribution in [2.75, 3.05) is 5.75 Å². The van der Waals surface area contributed by atoms with Crippen LogP contribution in [0.2, 0.25) is 0 Å². The third-order valence-electron chi connectivity index (χ3n) is 4.45. The zero-order valence-electron chi connectivity index (χ0n) is 10.7. The molecule has 0 aromatic rings. The van der Waals surface area contributed by atoms with E-state index in [0.717, 1.165) is 17.1 Å². The summed E-state index contributed by atoms with van der Waals surface area (Å²) >= 11 is 2.23. The lowest BCUT2D eigenvalue weighted by atomic mass is 9.91. The number of hydrogen-bond acceptors (Lipinski definition) is 2. The van der Waals surface area contributed by atoms with Gasteiger partial charge in [0, 0.05) is 11.3 Å². The van der Waals surface area contributed by atoms with Crippen LogP contribution in [0.15, 0.2) is 0 Å². The first-order valence-corrected chi connectivity index (χ1v) is 8.17. The van der Waals surface area contributed by atoms with Gasteiger partial charge in [-0.15, -0.1) is 0 Å². The van der Waals surface area contributed by atoms with Crippen molar-refractivity contribution in [1.29, 1.82) is 0 Å². The third kappa shape index (κ3) is 3.66. The number of nitrogens with two attached hydrogens (primary N) is 1.